The van der Waals surface area contributed by atoms with Crippen LogP contribution in [0.2, 0.25) is 0 Å². The lowest BCUT2D eigenvalue weighted by molar-refractivity contribution is 0.443. The first-order valence-corrected chi connectivity index (χ1v) is 5.07. The first kappa shape index (κ1) is 10.2. The minimum atomic E-state index is -0.296. The fourth-order valence-corrected chi connectivity index (χ4v) is 1.43. The Morgan fingerprint density at radius 3 is 3.00 bits per heavy atom. The maximum absolute atomic E-state index is 8.75. The van der Waals surface area contributed by atoms with Crippen molar-refractivity contribution in [3.63, 3.8) is 0 Å². The van der Waals surface area contributed by atoms with Crippen molar-refractivity contribution in [2.75, 3.05) is 6.54 Å². The highest BCUT2D eigenvalue weighted by Crippen LogP contribution is 2.11. The minimum Gasteiger partial charge on any atom is -0.310 e. The topological polar surface area (TPSA) is 48.7 Å². The molecule has 0 atom stereocenters. The third kappa shape index (κ3) is 3.53. The molecule has 1 aromatic heterocycles. The van der Waals surface area contributed by atoms with Gasteiger partial charge >= 0.3 is 0 Å². The van der Waals surface area contributed by atoms with Crippen molar-refractivity contribution >= 4 is 11.3 Å². The van der Waals surface area contributed by atoms with Gasteiger partial charge in [0.05, 0.1) is 22.7 Å². The Bertz CT molecular complexity index is 284. The fourth-order valence-electron chi connectivity index (χ4n) is 0.867. The molecule has 0 fully saturated rings. The molecule has 0 bridgehead atoms. The van der Waals surface area contributed by atoms with E-state index < -0.39 is 0 Å². The van der Waals surface area contributed by atoms with Crippen LogP contribution in [-0.4, -0.2) is 11.5 Å². The van der Waals surface area contributed by atoms with Crippen LogP contribution in [0.5, 0.6) is 0 Å². The van der Waals surface area contributed by atoms with Crippen LogP contribution in [0.4, 0.5) is 0 Å². The molecule has 1 heterocycles. The number of hydrogen-bond acceptors (Lipinski definition) is 4. The summed E-state index contributed by atoms with van der Waals surface area (Å²) in [5.74, 6) is 0. The lowest BCUT2D eigenvalue weighted by atomic mass is 9.96. The van der Waals surface area contributed by atoms with E-state index in [0.29, 0.717) is 6.54 Å². The largest absolute Gasteiger partial charge is 0.310 e. The summed E-state index contributed by atoms with van der Waals surface area (Å²) < 4.78 is 0. The van der Waals surface area contributed by atoms with Gasteiger partial charge in [-0.25, -0.2) is 4.98 Å². The fraction of sp³-hybridized carbons (Fsp3) is 0.556. The highest BCUT2D eigenvalue weighted by molar-refractivity contribution is 7.07. The molecule has 1 rings (SSSR count). The Balaban J connectivity index is 2.26. The maximum Gasteiger partial charge on any atom is 0.0795 e. The monoisotopic (exact) mass is 195 g/mol. The van der Waals surface area contributed by atoms with Gasteiger partial charge in [0.1, 0.15) is 0 Å². The van der Waals surface area contributed by atoms with Gasteiger partial charge in [-0.2, -0.15) is 5.26 Å². The number of hydrogen-bond donors (Lipinski definition) is 1. The maximum atomic E-state index is 8.75. The van der Waals surface area contributed by atoms with E-state index in [-0.39, 0.29) is 5.41 Å². The van der Waals surface area contributed by atoms with Crippen LogP contribution in [-0.2, 0) is 6.54 Å². The van der Waals surface area contributed by atoms with Gasteiger partial charge in [-0.05, 0) is 13.8 Å². The predicted molar refractivity (Wildman–Crippen MR) is 53.2 cm³/mol. The lowest BCUT2D eigenvalue weighted by Gasteiger charge is -2.14. The second-order valence-electron chi connectivity index (χ2n) is 3.58. The minimum absolute atomic E-state index is 0.296. The van der Waals surface area contributed by atoms with E-state index in [2.05, 4.69) is 16.4 Å². The molecule has 1 aromatic rings. The smallest absolute Gasteiger partial charge is 0.0795 e. The van der Waals surface area contributed by atoms with E-state index >= 15 is 0 Å². The zero-order valence-corrected chi connectivity index (χ0v) is 8.69. The van der Waals surface area contributed by atoms with Gasteiger partial charge in [-0.15, -0.1) is 11.3 Å². The number of rotatable bonds is 4. The molecule has 13 heavy (non-hydrogen) atoms. The summed E-state index contributed by atoms with van der Waals surface area (Å²) >= 11 is 1.59. The van der Waals surface area contributed by atoms with Crippen molar-refractivity contribution < 1.29 is 0 Å². The van der Waals surface area contributed by atoms with Crippen molar-refractivity contribution in [2.24, 2.45) is 5.41 Å². The average Bonchev–Trinajstić information content (AvgIpc) is 2.57. The number of nitriles is 1. The highest BCUT2D eigenvalue weighted by atomic mass is 32.1. The van der Waals surface area contributed by atoms with Crippen molar-refractivity contribution in [1.29, 1.82) is 5.26 Å². The SMILES string of the molecule is CC(C)(C#N)CNCc1cscn1. The standard InChI is InChI=1S/C9H13N3S/c1-9(2,5-10)6-11-3-8-4-13-7-12-8/h4,7,11H,3,6H2,1-2H3. The number of nitrogens with zero attached hydrogens (tertiary/aromatic N) is 2. The van der Waals surface area contributed by atoms with Gasteiger partial charge in [0.2, 0.25) is 0 Å². The molecule has 0 amide bonds. The molecule has 0 saturated heterocycles. The van der Waals surface area contributed by atoms with Crippen LogP contribution < -0.4 is 5.32 Å². The highest BCUT2D eigenvalue weighted by Gasteiger charge is 2.15. The molecule has 0 aliphatic carbocycles. The van der Waals surface area contributed by atoms with Crippen molar-refractivity contribution in [2.45, 2.75) is 20.4 Å². The lowest BCUT2D eigenvalue weighted by Crippen LogP contribution is -2.27. The summed E-state index contributed by atoms with van der Waals surface area (Å²) in [5.41, 5.74) is 2.56. The van der Waals surface area contributed by atoms with E-state index in [9.17, 15) is 0 Å². The Labute approximate surface area is 82.4 Å². The predicted octanol–water partition coefficient (Wildman–Crippen LogP) is 1.78. The molecule has 0 saturated carbocycles. The third-order valence-electron chi connectivity index (χ3n) is 1.66. The molecular weight excluding hydrogens is 182 g/mol. The molecule has 1 N–H and O–H groups in total. The van der Waals surface area contributed by atoms with E-state index in [4.69, 9.17) is 5.26 Å². The quantitative estimate of drug-likeness (QED) is 0.796. The Kier molecular flexibility index (Phi) is 3.40. The van der Waals surface area contributed by atoms with Crippen LogP contribution in [0.1, 0.15) is 19.5 Å². The molecule has 0 unspecified atom stereocenters. The Morgan fingerprint density at radius 2 is 2.46 bits per heavy atom. The summed E-state index contributed by atoms with van der Waals surface area (Å²) in [6, 6.07) is 2.24. The molecule has 0 spiro atoms. The molecule has 4 heteroatoms. The number of thiazole rings is 1. The van der Waals surface area contributed by atoms with E-state index in [0.717, 1.165) is 12.2 Å². The Morgan fingerprint density at radius 1 is 1.69 bits per heavy atom. The molecule has 0 radical (unpaired) electrons. The molecule has 0 aliphatic heterocycles. The number of aromatic nitrogens is 1. The second-order valence-corrected chi connectivity index (χ2v) is 4.30. The molecule has 0 aromatic carbocycles. The zero-order valence-electron chi connectivity index (χ0n) is 7.87. The molecule has 0 aliphatic rings. The van der Waals surface area contributed by atoms with Crippen LogP contribution in [0.3, 0.4) is 0 Å². The molecular formula is C9H13N3S. The Hall–Kier alpha value is -0.920. The van der Waals surface area contributed by atoms with E-state index in [1.54, 1.807) is 11.3 Å². The summed E-state index contributed by atoms with van der Waals surface area (Å²) in [5, 5.41) is 14.0. The van der Waals surface area contributed by atoms with Crippen molar-refractivity contribution in [3.8, 4) is 6.07 Å². The van der Waals surface area contributed by atoms with Gasteiger partial charge in [-0.3, -0.25) is 0 Å². The summed E-state index contributed by atoms with van der Waals surface area (Å²) in [4.78, 5) is 4.13. The average molecular weight is 195 g/mol. The van der Waals surface area contributed by atoms with Crippen molar-refractivity contribution in [1.82, 2.24) is 10.3 Å². The van der Waals surface area contributed by atoms with Gasteiger partial charge in [0.25, 0.3) is 0 Å². The van der Waals surface area contributed by atoms with Gasteiger partial charge in [-0.1, -0.05) is 0 Å². The number of nitrogens with one attached hydrogen (secondary N) is 1. The molecule has 3 nitrogen and oxygen atoms in total. The third-order valence-corrected chi connectivity index (χ3v) is 2.29. The normalized spacial score (nSPS) is 11.2. The van der Waals surface area contributed by atoms with Gasteiger partial charge in [0, 0.05) is 18.5 Å². The van der Waals surface area contributed by atoms with Crippen molar-refractivity contribution in [3.05, 3.63) is 16.6 Å². The summed E-state index contributed by atoms with van der Waals surface area (Å²) in [6.07, 6.45) is 0. The van der Waals surface area contributed by atoms with Crippen LogP contribution in [0, 0.1) is 16.7 Å². The van der Waals surface area contributed by atoms with Crippen LogP contribution in [0.25, 0.3) is 0 Å². The first-order chi connectivity index (χ1) is 6.14. The van der Waals surface area contributed by atoms with Crippen LogP contribution in [0.15, 0.2) is 10.9 Å². The summed E-state index contributed by atoms with van der Waals surface area (Å²) in [7, 11) is 0. The zero-order chi connectivity index (χ0) is 9.73. The van der Waals surface area contributed by atoms with Crippen LogP contribution >= 0.6 is 11.3 Å². The van der Waals surface area contributed by atoms with E-state index in [1.165, 1.54) is 0 Å². The van der Waals surface area contributed by atoms with E-state index in [1.807, 2.05) is 24.7 Å². The van der Waals surface area contributed by atoms with Gasteiger partial charge < -0.3 is 5.32 Å². The molecule has 70 valence electrons. The summed E-state index contributed by atoms with van der Waals surface area (Å²) in [6.45, 7) is 5.28. The van der Waals surface area contributed by atoms with Gasteiger partial charge in [0.15, 0.2) is 0 Å². The first-order valence-electron chi connectivity index (χ1n) is 4.13. The second kappa shape index (κ2) is 4.35.